The molecule has 7 heteroatoms. The third-order valence-electron chi connectivity index (χ3n) is 4.40. The summed E-state index contributed by atoms with van der Waals surface area (Å²) in [6.07, 6.45) is -3.74. The second-order valence-corrected chi connectivity index (χ2v) is 6.41. The van der Waals surface area contributed by atoms with Crippen LogP contribution in [-0.4, -0.2) is 68.3 Å². The highest BCUT2D eigenvalue weighted by molar-refractivity contribution is 5.85. The third kappa shape index (κ3) is 8.56. The second kappa shape index (κ2) is 9.96. The summed E-state index contributed by atoms with van der Waals surface area (Å²) < 4.78 is 37.5. The van der Waals surface area contributed by atoms with Crippen LogP contribution >= 0.6 is 12.4 Å². The van der Waals surface area contributed by atoms with Gasteiger partial charge in [-0.05, 0) is 31.5 Å². The molecule has 1 atom stereocenters. The average Bonchev–Trinajstić information content (AvgIpc) is 2.82. The summed E-state index contributed by atoms with van der Waals surface area (Å²) in [6, 6.07) is 0. The first-order valence-corrected chi connectivity index (χ1v) is 8.00. The fraction of sp³-hybridized carbons (Fsp3) is 1.00. The van der Waals surface area contributed by atoms with Crippen LogP contribution in [0.25, 0.3) is 0 Å². The smallest absolute Gasteiger partial charge is 0.316 e. The van der Waals surface area contributed by atoms with Gasteiger partial charge in [0, 0.05) is 32.7 Å². The molecule has 1 saturated heterocycles. The van der Waals surface area contributed by atoms with Crippen molar-refractivity contribution in [3.63, 3.8) is 0 Å². The fourth-order valence-electron chi connectivity index (χ4n) is 2.92. The molecule has 1 heterocycles. The van der Waals surface area contributed by atoms with E-state index in [-0.39, 0.29) is 24.4 Å². The molecule has 0 bridgehead atoms. The van der Waals surface area contributed by atoms with E-state index in [1.54, 1.807) is 0 Å². The van der Waals surface area contributed by atoms with E-state index in [1.807, 2.05) is 4.90 Å². The van der Waals surface area contributed by atoms with Crippen molar-refractivity contribution in [1.29, 1.82) is 0 Å². The number of rotatable bonds is 9. The SMILES string of the molecule is CCN(CC)CCN(CCC(F)(F)F)CC1(C)CCNC1.Cl. The van der Waals surface area contributed by atoms with Crippen LogP contribution in [0.5, 0.6) is 0 Å². The summed E-state index contributed by atoms with van der Waals surface area (Å²) in [4.78, 5) is 4.26. The van der Waals surface area contributed by atoms with E-state index in [0.717, 1.165) is 45.7 Å². The Kier molecular flexibility index (Phi) is 9.94. The molecular weight excluding hydrogens is 315 g/mol. The van der Waals surface area contributed by atoms with Gasteiger partial charge in [0.1, 0.15) is 0 Å². The van der Waals surface area contributed by atoms with Gasteiger partial charge >= 0.3 is 6.18 Å². The van der Waals surface area contributed by atoms with Gasteiger partial charge < -0.3 is 15.1 Å². The lowest BCUT2D eigenvalue weighted by molar-refractivity contribution is -0.138. The molecule has 0 radical (unpaired) electrons. The summed E-state index contributed by atoms with van der Waals surface area (Å²) in [7, 11) is 0. The summed E-state index contributed by atoms with van der Waals surface area (Å²) in [5, 5.41) is 3.32. The zero-order valence-electron chi connectivity index (χ0n) is 14.0. The van der Waals surface area contributed by atoms with Crippen molar-refractivity contribution >= 4 is 12.4 Å². The highest BCUT2D eigenvalue weighted by atomic mass is 35.5. The molecule has 0 aromatic heterocycles. The molecule has 0 spiro atoms. The van der Waals surface area contributed by atoms with Gasteiger partial charge in [0.15, 0.2) is 0 Å². The number of halogens is 4. The minimum absolute atomic E-state index is 0. The Balaban J connectivity index is 0.00000441. The Labute approximate surface area is 139 Å². The predicted molar refractivity (Wildman–Crippen MR) is 87.7 cm³/mol. The van der Waals surface area contributed by atoms with Crippen molar-refractivity contribution in [2.45, 2.75) is 39.8 Å². The van der Waals surface area contributed by atoms with Crippen LogP contribution in [0.2, 0.25) is 0 Å². The van der Waals surface area contributed by atoms with Gasteiger partial charge in [0.2, 0.25) is 0 Å². The molecule has 1 aliphatic heterocycles. The summed E-state index contributed by atoms with van der Waals surface area (Å²) >= 11 is 0. The van der Waals surface area contributed by atoms with Crippen molar-refractivity contribution in [1.82, 2.24) is 15.1 Å². The lowest BCUT2D eigenvalue weighted by atomic mass is 9.89. The molecule has 0 aromatic carbocycles. The van der Waals surface area contributed by atoms with E-state index in [2.05, 4.69) is 31.0 Å². The Hall–Kier alpha value is -0.0400. The van der Waals surface area contributed by atoms with E-state index in [4.69, 9.17) is 0 Å². The average molecular weight is 346 g/mol. The standard InChI is InChI=1S/C15H30F3N3.ClH/c1-4-20(5-2)10-11-21(9-7-15(16,17)18)13-14(3)6-8-19-12-14;/h19H,4-13H2,1-3H3;1H. The molecule has 134 valence electrons. The second-order valence-electron chi connectivity index (χ2n) is 6.41. The molecule has 1 N–H and O–H groups in total. The first kappa shape index (κ1) is 22.0. The van der Waals surface area contributed by atoms with E-state index < -0.39 is 12.6 Å². The lowest BCUT2D eigenvalue weighted by Crippen LogP contribution is -2.43. The number of hydrogen-bond donors (Lipinski definition) is 1. The first-order chi connectivity index (χ1) is 9.78. The first-order valence-electron chi connectivity index (χ1n) is 8.00. The molecule has 1 unspecified atom stereocenters. The zero-order chi connectivity index (χ0) is 15.9. The maximum atomic E-state index is 12.5. The Morgan fingerprint density at radius 1 is 1.05 bits per heavy atom. The third-order valence-corrected chi connectivity index (χ3v) is 4.40. The molecule has 1 aliphatic rings. The molecule has 0 aromatic rings. The number of nitrogens with zero attached hydrogens (tertiary/aromatic N) is 2. The van der Waals surface area contributed by atoms with Gasteiger partial charge in [-0.1, -0.05) is 20.8 Å². The van der Waals surface area contributed by atoms with Crippen LogP contribution < -0.4 is 5.32 Å². The minimum Gasteiger partial charge on any atom is -0.316 e. The summed E-state index contributed by atoms with van der Waals surface area (Å²) in [5.41, 5.74) is 0.106. The van der Waals surface area contributed by atoms with Crippen molar-refractivity contribution in [3.8, 4) is 0 Å². The van der Waals surface area contributed by atoms with Crippen molar-refractivity contribution in [2.24, 2.45) is 5.41 Å². The van der Waals surface area contributed by atoms with Gasteiger partial charge in [-0.2, -0.15) is 13.2 Å². The Morgan fingerprint density at radius 2 is 1.64 bits per heavy atom. The number of nitrogens with one attached hydrogen (secondary N) is 1. The van der Waals surface area contributed by atoms with Crippen LogP contribution in [0.3, 0.4) is 0 Å². The number of alkyl halides is 3. The molecule has 0 saturated carbocycles. The number of likely N-dealkylation sites (N-methyl/N-ethyl adjacent to an activating group) is 1. The van der Waals surface area contributed by atoms with Gasteiger partial charge in [-0.3, -0.25) is 0 Å². The fourth-order valence-corrected chi connectivity index (χ4v) is 2.92. The largest absolute Gasteiger partial charge is 0.390 e. The van der Waals surface area contributed by atoms with E-state index in [9.17, 15) is 13.2 Å². The topological polar surface area (TPSA) is 18.5 Å². The molecule has 0 aliphatic carbocycles. The molecule has 22 heavy (non-hydrogen) atoms. The summed E-state index contributed by atoms with van der Waals surface area (Å²) in [6.45, 7) is 12.5. The Morgan fingerprint density at radius 3 is 2.09 bits per heavy atom. The van der Waals surface area contributed by atoms with Crippen LogP contribution in [0, 0.1) is 5.41 Å². The van der Waals surface area contributed by atoms with Crippen LogP contribution in [0.1, 0.15) is 33.6 Å². The molecular formula is C15H31ClF3N3. The van der Waals surface area contributed by atoms with Crippen molar-refractivity contribution < 1.29 is 13.2 Å². The number of hydrogen-bond acceptors (Lipinski definition) is 3. The highest BCUT2D eigenvalue weighted by Crippen LogP contribution is 2.27. The lowest BCUT2D eigenvalue weighted by Gasteiger charge is -2.33. The van der Waals surface area contributed by atoms with Gasteiger partial charge in [-0.25, -0.2) is 0 Å². The molecule has 1 rings (SSSR count). The maximum Gasteiger partial charge on any atom is 0.390 e. The normalized spacial score (nSPS) is 22.4. The van der Waals surface area contributed by atoms with Crippen LogP contribution in [0.4, 0.5) is 13.2 Å². The molecule has 3 nitrogen and oxygen atoms in total. The quantitative estimate of drug-likeness (QED) is 0.693. The maximum absolute atomic E-state index is 12.5. The highest BCUT2D eigenvalue weighted by Gasteiger charge is 2.33. The zero-order valence-corrected chi connectivity index (χ0v) is 14.8. The Bertz CT molecular complexity index is 290. The van der Waals surface area contributed by atoms with Crippen LogP contribution in [0.15, 0.2) is 0 Å². The molecule has 0 amide bonds. The van der Waals surface area contributed by atoms with Gasteiger partial charge in [0.25, 0.3) is 0 Å². The van der Waals surface area contributed by atoms with E-state index in [1.165, 1.54) is 0 Å². The van der Waals surface area contributed by atoms with Crippen molar-refractivity contribution in [3.05, 3.63) is 0 Å². The predicted octanol–water partition coefficient (Wildman–Crippen LogP) is 3.00. The molecule has 1 fully saturated rings. The van der Waals surface area contributed by atoms with Gasteiger partial charge in [-0.15, -0.1) is 12.4 Å². The monoisotopic (exact) mass is 345 g/mol. The van der Waals surface area contributed by atoms with E-state index >= 15 is 0 Å². The van der Waals surface area contributed by atoms with Crippen molar-refractivity contribution in [2.75, 3.05) is 52.4 Å². The van der Waals surface area contributed by atoms with E-state index in [0.29, 0.717) is 6.54 Å². The van der Waals surface area contributed by atoms with Crippen LogP contribution in [-0.2, 0) is 0 Å². The minimum atomic E-state index is -4.07. The van der Waals surface area contributed by atoms with Gasteiger partial charge in [0.05, 0.1) is 6.42 Å². The summed E-state index contributed by atoms with van der Waals surface area (Å²) in [5.74, 6) is 0.